The Morgan fingerprint density at radius 3 is 2.50 bits per heavy atom. The molecule has 1 aromatic heterocycles. The summed E-state index contributed by atoms with van der Waals surface area (Å²) in [4.78, 5) is 15.5. The fraction of sp³-hybridized carbons (Fsp3) is 0.167. The second-order valence-electron chi connectivity index (χ2n) is 5.33. The lowest BCUT2D eigenvalue weighted by Crippen LogP contribution is -2.16. The number of H-pyrrole nitrogens is 1. The van der Waals surface area contributed by atoms with Crippen LogP contribution in [-0.4, -0.2) is 31.5 Å². The van der Waals surface area contributed by atoms with E-state index in [0.717, 1.165) is 10.9 Å². The molecular weight excluding hydrogens is 326 g/mol. The molecule has 0 aliphatic heterocycles. The lowest BCUT2D eigenvalue weighted by molar-refractivity contribution is 0.102. The molecule has 0 spiro atoms. The van der Waals surface area contributed by atoms with Crippen LogP contribution in [0.3, 0.4) is 0 Å². The minimum absolute atomic E-state index is 0.110. The Hall–Kier alpha value is -2.60. The van der Waals surface area contributed by atoms with Crippen molar-refractivity contribution in [1.29, 1.82) is 0 Å². The summed E-state index contributed by atoms with van der Waals surface area (Å²) in [7, 11) is -3.70. The number of rotatable bonds is 6. The summed E-state index contributed by atoms with van der Waals surface area (Å²) in [5.41, 5.74) is 1.19. The summed E-state index contributed by atoms with van der Waals surface area (Å²) < 4.78 is 30.2. The number of Topliss-reactive ketones (excluding diaryl/α,β-unsaturated/α-hetero) is 1. The van der Waals surface area contributed by atoms with Gasteiger partial charge in [-0.2, -0.15) is 0 Å². The third-order valence-electron chi connectivity index (χ3n) is 3.70. The van der Waals surface area contributed by atoms with Crippen molar-refractivity contribution in [2.24, 2.45) is 0 Å². The van der Waals surface area contributed by atoms with Crippen LogP contribution in [0.4, 0.5) is 0 Å². The van der Waals surface area contributed by atoms with Gasteiger partial charge in [-0.15, -0.1) is 0 Å². The normalized spacial score (nSPS) is 11.5. The average molecular weight is 343 g/mol. The summed E-state index contributed by atoms with van der Waals surface area (Å²) in [5.74, 6) is -0.399. The highest BCUT2D eigenvalue weighted by Gasteiger charge is 2.22. The van der Waals surface area contributed by atoms with Crippen LogP contribution in [0.25, 0.3) is 10.9 Å². The minimum Gasteiger partial charge on any atom is -0.494 e. The van der Waals surface area contributed by atoms with Crippen molar-refractivity contribution in [3.05, 3.63) is 60.3 Å². The number of fused-ring (bicyclic) bond motifs is 1. The van der Waals surface area contributed by atoms with E-state index in [4.69, 9.17) is 4.74 Å². The van der Waals surface area contributed by atoms with E-state index in [9.17, 15) is 13.2 Å². The van der Waals surface area contributed by atoms with Gasteiger partial charge >= 0.3 is 0 Å². The molecule has 0 aliphatic carbocycles. The average Bonchev–Trinajstić information content (AvgIpc) is 2.99. The number of benzene rings is 2. The first kappa shape index (κ1) is 16.3. The molecule has 0 fully saturated rings. The van der Waals surface area contributed by atoms with E-state index in [-0.39, 0.29) is 4.90 Å². The molecule has 5 nitrogen and oxygen atoms in total. The standard InChI is InChI=1S/C18H17NO4S/c1-2-23-13-7-9-14(10-8-13)24(21,22)12-18(20)16-11-19-17-6-4-3-5-15(16)17/h3-11,19H,2,12H2,1H3. The highest BCUT2D eigenvalue weighted by molar-refractivity contribution is 7.92. The van der Waals surface area contributed by atoms with Gasteiger partial charge < -0.3 is 9.72 Å². The Labute approximate surface area is 140 Å². The molecule has 3 aromatic rings. The van der Waals surface area contributed by atoms with Gasteiger partial charge in [0.05, 0.1) is 11.5 Å². The van der Waals surface area contributed by atoms with Crippen molar-refractivity contribution in [2.75, 3.05) is 12.4 Å². The highest BCUT2D eigenvalue weighted by atomic mass is 32.2. The van der Waals surface area contributed by atoms with Crippen molar-refractivity contribution in [1.82, 2.24) is 4.98 Å². The van der Waals surface area contributed by atoms with Crippen LogP contribution in [0, 0.1) is 0 Å². The van der Waals surface area contributed by atoms with Crippen molar-refractivity contribution >= 4 is 26.5 Å². The van der Waals surface area contributed by atoms with Crippen molar-refractivity contribution < 1.29 is 17.9 Å². The van der Waals surface area contributed by atoms with E-state index in [1.807, 2.05) is 25.1 Å². The molecule has 0 bridgehead atoms. The van der Waals surface area contributed by atoms with E-state index in [1.165, 1.54) is 12.1 Å². The minimum atomic E-state index is -3.70. The highest BCUT2D eigenvalue weighted by Crippen LogP contribution is 2.21. The molecule has 3 rings (SSSR count). The van der Waals surface area contributed by atoms with Gasteiger partial charge in [0.2, 0.25) is 0 Å². The van der Waals surface area contributed by atoms with E-state index >= 15 is 0 Å². The number of hydrogen-bond donors (Lipinski definition) is 1. The Morgan fingerprint density at radius 1 is 1.08 bits per heavy atom. The van der Waals surface area contributed by atoms with E-state index in [0.29, 0.717) is 17.9 Å². The van der Waals surface area contributed by atoms with Gasteiger partial charge in [0.1, 0.15) is 11.5 Å². The number of ketones is 1. The molecule has 1 heterocycles. The van der Waals surface area contributed by atoms with E-state index in [1.54, 1.807) is 24.4 Å². The Balaban J connectivity index is 1.84. The van der Waals surface area contributed by atoms with Gasteiger partial charge in [-0.05, 0) is 37.3 Å². The zero-order valence-corrected chi connectivity index (χ0v) is 14.0. The van der Waals surface area contributed by atoms with E-state index < -0.39 is 21.4 Å². The van der Waals surface area contributed by atoms with E-state index in [2.05, 4.69) is 4.98 Å². The third-order valence-corrected chi connectivity index (χ3v) is 5.34. The fourth-order valence-corrected chi connectivity index (χ4v) is 3.76. The molecule has 124 valence electrons. The summed E-state index contributed by atoms with van der Waals surface area (Å²) in [6.45, 7) is 2.36. The number of sulfone groups is 1. The molecule has 6 heteroatoms. The van der Waals surface area contributed by atoms with Crippen LogP contribution in [0.15, 0.2) is 59.6 Å². The number of aromatic nitrogens is 1. The number of hydrogen-bond acceptors (Lipinski definition) is 4. The number of carbonyl (C=O) groups excluding carboxylic acids is 1. The van der Waals surface area contributed by atoms with Gasteiger partial charge in [0.25, 0.3) is 0 Å². The largest absolute Gasteiger partial charge is 0.494 e. The quantitative estimate of drug-likeness (QED) is 0.697. The lowest BCUT2D eigenvalue weighted by atomic mass is 10.1. The van der Waals surface area contributed by atoms with Crippen LogP contribution in [-0.2, 0) is 9.84 Å². The summed E-state index contributed by atoms with van der Waals surface area (Å²) in [6, 6.07) is 13.4. The molecular formula is C18H17NO4S. The first-order valence-corrected chi connectivity index (χ1v) is 9.21. The smallest absolute Gasteiger partial charge is 0.185 e. The second kappa shape index (κ2) is 6.49. The first-order valence-electron chi connectivity index (χ1n) is 7.56. The Bertz CT molecular complexity index is 972. The molecule has 0 amide bonds. The zero-order chi connectivity index (χ0) is 17.2. The molecule has 2 aromatic carbocycles. The molecule has 24 heavy (non-hydrogen) atoms. The maximum atomic E-state index is 12.5. The van der Waals surface area contributed by atoms with Gasteiger partial charge in [-0.3, -0.25) is 4.79 Å². The van der Waals surface area contributed by atoms with Gasteiger partial charge in [0, 0.05) is 22.7 Å². The summed E-state index contributed by atoms with van der Waals surface area (Å²) in [6.07, 6.45) is 1.56. The lowest BCUT2D eigenvalue weighted by Gasteiger charge is -2.06. The predicted octanol–water partition coefficient (Wildman–Crippen LogP) is 3.22. The van der Waals surface area contributed by atoms with Crippen LogP contribution < -0.4 is 4.74 Å². The SMILES string of the molecule is CCOc1ccc(S(=O)(=O)CC(=O)c2c[nH]c3ccccc23)cc1. The summed E-state index contributed by atoms with van der Waals surface area (Å²) >= 11 is 0. The molecule has 0 saturated carbocycles. The maximum Gasteiger partial charge on any atom is 0.185 e. The number of ether oxygens (including phenoxy) is 1. The number of para-hydroxylation sites is 1. The number of nitrogens with one attached hydrogen (secondary N) is 1. The van der Waals surface area contributed by atoms with Crippen molar-refractivity contribution in [3.8, 4) is 5.75 Å². The molecule has 1 N–H and O–H groups in total. The van der Waals surface area contributed by atoms with Crippen molar-refractivity contribution in [3.63, 3.8) is 0 Å². The Morgan fingerprint density at radius 2 is 1.79 bits per heavy atom. The zero-order valence-electron chi connectivity index (χ0n) is 13.2. The van der Waals surface area contributed by atoms with Gasteiger partial charge in [-0.25, -0.2) is 8.42 Å². The maximum absolute atomic E-state index is 12.5. The number of aromatic amines is 1. The van der Waals surface area contributed by atoms with Crippen molar-refractivity contribution in [2.45, 2.75) is 11.8 Å². The van der Waals surface area contributed by atoms with Crippen LogP contribution in [0.5, 0.6) is 5.75 Å². The fourth-order valence-electron chi connectivity index (χ4n) is 2.55. The molecule has 0 radical (unpaired) electrons. The second-order valence-corrected chi connectivity index (χ2v) is 7.32. The molecule has 0 saturated heterocycles. The van der Waals surface area contributed by atoms with Crippen LogP contribution >= 0.6 is 0 Å². The van der Waals surface area contributed by atoms with Crippen LogP contribution in [0.2, 0.25) is 0 Å². The van der Waals surface area contributed by atoms with Crippen LogP contribution in [0.1, 0.15) is 17.3 Å². The topological polar surface area (TPSA) is 76.2 Å². The predicted molar refractivity (Wildman–Crippen MR) is 92.3 cm³/mol. The molecule has 0 unspecified atom stereocenters. The number of carbonyl (C=O) groups is 1. The Kier molecular flexibility index (Phi) is 4.40. The van der Waals surface area contributed by atoms with Gasteiger partial charge in [-0.1, -0.05) is 18.2 Å². The van der Waals surface area contributed by atoms with Gasteiger partial charge in [0.15, 0.2) is 15.6 Å². The third kappa shape index (κ3) is 3.19. The summed E-state index contributed by atoms with van der Waals surface area (Å²) in [5, 5.41) is 0.726. The first-order chi connectivity index (χ1) is 11.5. The molecule has 0 aliphatic rings. The monoisotopic (exact) mass is 343 g/mol. The molecule has 0 atom stereocenters.